The molecule has 0 aromatic heterocycles. The van der Waals surface area contributed by atoms with Gasteiger partial charge < -0.3 is 0 Å². The highest BCUT2D eigenvalue weighted by Gasteiger charge is 2.22. The minimum absolute atomic E-state index is 0.498. The standard InChI is InChI=1S/2C3H7.C3H5.Al/c3*1-3-2;/h2*3H,1-2H3;3H,1-2H2;. The Morgan fingerprint density at radius 3 is 1.70 bits per heavy atom. The Labute approximate surface area is 69.7 Å². The van der Waals surface area contributed by atoms with Crippen LogP contribution in [-0.4, -0.2) is 14.1 Å². The van der Waals surface area contributed by atoms with Crippen molar-refractivity contribution in [3.8, 4) is 0 Å². The molecule has 0 aromatic rings. The molecule has 0 unspecified atom stereocenters. The van der Waals surface area contributed by atoms with E-state index in [1.54, 1.807) is 0 Å². The predicted octanol–water partition coefficient (Wildman–Crippen LogP) is 3.49. The molecule has 0 saturated carbocycles. The molecule has 0 aliphatic rings. The van der Waals surface area contributed by atoms with Gasteiger partial charge in [0.1, 0.15) is 0 Å². The molecule has 0 rings (SSSR count). The minimum atomic E-state index is -0.498. The van der Waals surface area contributed by atoms with Crippen LogP contribution in [0.1, 0.15) is 27.7 Å². The van der Waals surface area contributed by atoms with Gasteiger partial charge in [-0.3, -0.25) is 0 Å². The van der Waals surface area contributed by atoms with Gasteiger partial charge in [-0.25, -0.2) is 0 Å². The SMILES string of the molecule is C=C[CH2][Al]([CH](C)C)[CH](C)C. The lowest BCUT2D eigenvalue weighted by Crippen LogP contribution is -2.19. The molecule has 0 aromatic carbocycles. The van der Waals surface area contributed by atoms with Gasteiger partial charge in [-0.1, -0.05) is 42.5 Å². The summed E-state index contributed by atoms with van der Waals surface area (Å²) in [5.41, 5.74) is 0. The summed E-state index contributed by atoms with van der Waals surface area (Å²) in [6.45, 7) is 13.2. The van der Waals surface area contributed by atoms with Crippen molar-refractivity contribution in [2.24, 2.45) is 0 Å². The normalized spacial score (nSPS) is 10.6. The van der Waals surface area contributed by atoms with Crippen molar-refractivity contribution in [1.29, 1.82) is 0 Å². The van der Waals surface area contributed by atoms with Gasteiger partial charge in [-0.05, 0) is 0 Å². The number of hydrogen-bond donors (Lipinski definition) is 0. The molecule has 0 radical (unpaired) electrons. The molecule has 58 valence electrons. The Morgan fingerprint density at radius 1 is 1.20 bits per heavy atom. The van der Waals surface area contributed by atoms with E-state index in [1.165, 1.54) is 5.28 Å². The van der Waals surface area contributed by atoms with Crippen LogP contribution in [0.5, 0.6) is 0 Å². The van der Waals surface area contributed by atoms with Crippen LogP contribution < -0.4 is 0 Å². The fraction of sp³-hybridized carbons (Fsp3) is 0.778. The average Bonchev–Trinajstić information content (AvgIpc) is 1.81. The highest BCUT2D eigenvalue weighted by Crippen LogP contribution is 2.23. The molecular formula is C9H19Al. The monoisotopic (exact) mass is 154 g/mol. The molecule has 0 nitrogen and oxygen atoms in total. The zero-order valence-corrected chi connectivity index (χ0v) is 8.88. The summed E-state index contributed by atoms with van der Waals surface area (Å²) in [6, 6.07) is 0. The fourth-order valence-electron chi connectivity index (χ4n) is 1.51. The highest BCUT2D eigenvalue weighted by atomic mass is 27.2. The summed E-state index contributed by atoms with van der Waals surface area (Å²) in [5.74, 6) is 0. The molecule has 0 amide bonds. The second kappa shape index (κ2) is 4.99. The van der Waals surface area contributed by atoms with E-state index in [2.05, 4.69) is 40.3 Å². The summed E-state index contributed by atoms with van der Waals surface area (Å²) in [5, 5.41) is 1.30. The van der Waals surface area contributed by atoms with Crippen LogP contribution in [0.2, 0.25) is 14.8 Å². The maximum atomic E-state index is 3.80. The third-order valence-corrected chi connectivity index (χ3v) is 6.45. The van der Waals surface area contributed by atoms with Gasteiger partial charge in [0.25, 0.3) is 14.1 Å². The van der Waals surface area contributed by atoms with Crippen LogP contribution >= 0.6 is 0 Å². The van der Waals surface area contributed by atoms with Gasteiger partial charge in [0, 0.05) is 0 Å². The Kier molecular flexibility index (Phi) is 5.13. The lowest BCUT2D eigenvalue weighted by atomic mass is 10.5. The van der Waals surface area contributed by atoms with Crippen molar-refractivity contribution in [2.45, 2.75) is 42.5 Å². The molecule has 0 saturated heterocycles. The van der Waals surface area contributed by atoms with Crippen LogP contribution in [0.15, 0.2) is 12.7 Å². The summed E-state index contributed by atoms with van der Waals surface area (Å²) < 4.78 is 1.86. The number of allylic oxidation sites excluding steroid dienone is 1. The van der Waals surface area contributed by atoms with Crippen molar-refractivity contribution in [3.05, 3.63) is 12.7 Å². The van der Waals surface area contributed by atoms with E-state index < -0.39 is 14.1 Å². The Bertz CT molecular complexity index is 86.9. The summed E-state index contributed by atoms with van der Waals surface area (Å²) in [6.07, 6.45) is 2.09. The van der Waals surface area contributed by atoms with Crippen molar-refractivity contribution in [1.82, 2.24) is 0 Å². The first-order chi connectivity index (χ1) is 4.59. The Balaban J connectivity index is 3.84. The van der Waals surface area contributed by atoms with Gasteiger partial charge in [-0.15, -0.1) is 12.7 Å². The largest absolute Gasteiger partial charge is 0.271 e. The van der Waals surface area contributed by atoms with Crippen molar-refractivity contribution in [2.75, 3.05) is 0 Å². The highest BCUT2D eigenvalue weighted by molar-refractivity contribution is 6.62. The first kappa shape index (κ1) is 10.3. The third-order valence-electron chi connectivity index (χ3n) is 2.15. The average molecular weight is 154 g/mol. The molecule has 10 heavy (non-hydrogen) atoms. The zero-order valence-electron chi connectivity index (χ0n) is 7.72. The summed E-state index contributed by atoms with van der Waals surface area (Å²) >= 11 is -0.498. The van der Waals surface area contributed by atoms with Crippen molar-refractivity contribution >= 4 is 14.1 Å². The lowest BCUT2D eigenvalue weighted by molar-refractivity contribution is 0.932. The van der Waals surface area contributed by atoms with E-state index >= 15 is 0 Å². The molecular weight excluding hydrogens is 135 g/mol. The van der Waals surface area contributed by atoms with E-state index in [9.17, 15) is 0 Å². The topological polar surface area (TPSA) is 0 Å². The maximum absolute atomic E-state index is 3.80. The lowest BCUT2D eigenvalue weighted by Gasteiger charge is -2.16. The Hall–Kier alpha value is 0.272. The van der Waals surface area contributed by atoms with Gasteiger partial charge >= 0.3 is 0 Å². The smallest absolute Gasteiger partial charge is 0.105 e. The van der Waals surface area contributed by atoms with Crippen LogP contribution in [-0.2, 0) is 0 Å². The van der Waals surface area contributed by atoms with E-state index in [-0.39, 0.29) is 0 Å². The first-order valence-corrected chi connectivity index (χ1v) is 6.35. The fourth-order valence-corrected chi connectivity index (χ4v) is 4.52. The zero-order chi connectivity index (χ0) is 8.15. The molecule has 0 N–H and O–H groups in total. The summed E-state index contributed by atoms with van der Waals surface area (Å²) in [7, 11) is 0. The van der Waals surface area contributed by atoms with Gasteiger partial charge in [0.2, 0.25) is 0 Å². The molecule has 1 heteroatoms. The molecule has 0 atom stereocenters. The van der Waals surface area contributed by atoms with Crippen molar-refractivity contribution < 1.29 is 0 Å². The summed E-state index contributed by atoms with van der Waals surface area (Å²) in [4.78, 5) is 0. The number of hydrogen-bond acceptors (Lipinski definition) is 0. The van der Waals surface area contributed by atoms with Crippen LogP contribution in [0.3, 0.4) is 0 Å². The second-order valence-electron chi connectivity index (χ2n) is 3.68. The maximum Gasteiger partial charge on any atom is 0.271 e. The van der Waals surface area contributed by atoms with Gasteiger partial charge in [-0.2, -0.15) is 0 Å². The predicted molar refractivity (Wildman–Crippen MR) is 51.0 cm³/mol. The molecule has 0 fully saturated rings. The Morgan fingerprint density at radius 2 is 1.60 bits per heavy atom. The van der Waals surface area contributed by atoms with E-state index in [1.807, 2.05) is 0 Å². The number of rotatable bonds is 4. The molecule has 0 bridgehead atoms. The quantitative estimate of drug-likeness (QED) is 0.429. The molecule has 0 aliphatic heterocycles. The van der Waals surface area contributed by atoms with Gasteiger partial charge in [0.15, 0.2) is 0 Å². The van der Waals surface area contributed by atoms with Gasteiger partial charge in [0.05, 0.1) is 0 Å². The van der Waals surface area contributed by atoms with Crippen LogP contribution in [0.25, 0.3) is 0 Å². The van der Waals surface area contributed by atoms with Crippen molar-refractivity contribution in [3.63, 3.8) is 0 Å². The van der Waals surface area contributed by atoms with E-state index in [4.69, 9.17) is 0 Å². The second-order valence-corrected chi connectivity index (χ2v) is 8.14. The minimum Gasteiger partial charge on any atom is -0.105 e. The van der Waals surface area contributed by atoms with Crippen LogP contribution in [0, 0.1) is 0 Å². The first-order valence-electron chi connectivity index (χ1n) is 4.20. The van der Waals surface area contributed by atoms with E-state index in [0.717, 1.165) is 9.56 Å². The third kappa shape index (κ3) is 3.44. The molecule has 0 spiro atoms. The molecule has 0 heterocycles. The molecule has 0 aliphatic carbocycles. The van der Waals surface area contributed by atoms with Crippen LogP contribution in [0.4, 0.5) is 0 Å². The van der Waals surface area contributed by atoms with E-state index in [0.29, 0.717) is 0 Å².